The molecule has 0 spiro atoms. The van der Waals surface area contributed by atoms with Crippen LogP contribution in [0.2, 0.25) is 0 Å². The number of amides is 1. The van der Waals surface area contributed by atoms with Crippen molar-refractivity contribution in [2.45, 2.75) is 18.9 Å². The van der Waals surface area contributed by atoms with E-state index in [1.165, 1.54) is 11.1 Å². The number of carbonyl (C=O) groups is 1. The highest BCUT2D eigenvalue weighted by Gasteiger charge is 2.21. The molecule has 0 heterocycles. The number of fused-ring (bicyclic) bond motifs is 1. The number of hydrogen-bond acceptors (Lipinski definition) is 3. The number of aryl methyl sites for hydroxylation is 1. The Hall–Kier alpha value is -1.39. The molecule has 1 aliphatic rings. The molecule has 98 valence electrons. The molecular weight excluding hydrogens is 228 g/mol. The van der Waals surface area contributed by atoms with Crippen LogP contribution in [-0.2, 0) is 16.0 Å². The van der Waals surface area contributed by atoms with E-state index in [9.17, 15) is 4.79 Å². The number of ether oxygens (including phenoxy) is 1. The Bertz CT molecular complexity index is 407. The van der Waals surface area contributed by atoms with Crippen molar-refractivity contribution in [1.29, 1.82) is 0 Å². The first-order valence-corrected chi connectivity index (χ1v) is 6.38. The molecule has 0 fully saturated rings. The molecular formula is C14H20N2O2. The van der Waals surface area contributed by atoms with Gasteiger partial charge in [0, 0.05) is 19.7 Å². The topological polar surface area (TPSA) is 50.4 Å². The van der Waals surface area contributed by atoms with Gasteiger partial charge in [0.15, 0.2) is 0 Å². The van der Waals surface area contributed by atoms with Crippen molar-refractivity contribution in [3.63, 3.8) is 0 Å². The van der Waals surface area contributed by atoms with E-state index in [0.29, 0.717) is 25.7 Å². The molecule has 18 heavy (non-hydrogen) atoms. The number of hydrogen-bond donors (Lipinski definition) is 2. The first kappa shape index (κ1) is 13.1. The van der Waals surface area contributed by atoms with Crippen LogP contribution in [0.3, 0.4) is 0 Å². The third-order valence-corrected chi connectivity index (χ3v) is 3.27. The van der Waals surface area contributed by atoms with Crippen LogP contribution in [-0.4, -0.2) is 32.7 Å². The lowest BCUT2D eigenvalue weighted by atomic mass is 10.1. The average molecular weight is 248 g/mol. The van der Waals surface area contributed by atoms with Crippen molar-refractivity contribution in [3.05, 3.63) is 35.4 Å². The minimum absolute atomic E-state index is 0.0245. The normalized spacial score (nSPS) is 17.5. The highest BCUT2D eigenvalue weighted by Crippen LogP contribution is 2.30. The number of benzene rings is 1. The SMILES string of the molecule is COCCNC(=O)CNC1CCc2ccccc21. The third-order valence-electron chi connectivity index (χ3n) is 3.27. The Morgan fingerprint density at radius 3 is 3.11 bits per heavy atom. The van der Waals surface area contributed by atoms with Crippen molar-refractivity contribution < 1.29 is 9.53 Å². The number of nitrogens with one attached hydrogen (secondary N) is 2. The lowest BCUT2D eigenvalue weighted by molar-refractivity contribution is -0.120. The molecule has 1 aliphatic carbocycles. The molecule has 0 bridgehead atoms. The summed E-state index contributed by atoms with van der Waals surface area (Å²) in [6, 6.07) is 8.74. The van der Waals surface area contributed by atoms with E-state index in [4.69, 9.17) is 4.74 Å². The minimum Gasteiger partial charge on any atom is -0.383 e. The highest BCUT2D eigenvalue weighted by molar-refractivity contribution is 5.78. The van der Waals surface area contributed by atoms with E-state index in [2.05, 4.69) is 34.9 Å². The molecule has 0 radical (unpaired) electrons. The standard InChI is InChI=1S/C14H20N2O2/c1-18-9-8-15-14(17)10-16-13-7-6-11-4-2-3-5-12(11)13/h2-5,13,16H,6-10H2,1H3,(H,15,17). The van der Waals surface area contributed by atoms with Crippen molar-refractivity contribution in [2.75, 3.05) is 26.8 Å². The second kappa shape index (κ2) is 6.52. The monoisotopic (exact) mass is 248 g/mol. The lowest BCUT2D eigenvalue weighted by Gasteiger charge is -2.13. The third kappa shape index (κ3) is 3.31. The van der Waals surface area contributed by atoms with E-state index in [-0.39, 0.29) is 5.91 Å². The Morgan fingerprint density at radius 2 is 2.28 bits per heavy atom. The maximum absolute atomic E-state index is 11.6. The highest BCUT2D eigenvalue weighted by atomic mass is 16.5. The number of methoxy groups -OCH3 is 1. The van der Waals surface area contributed by atoms with Crippen LogP contribution < -0.4 is 10.6 Å². The molecule has 0 aliphatic heterocycles. The Balaban J connectivity index is 1.77. The molecule has 4 nitrogen and oxygen atoms in total. The molecule has 4 heteroatoms. The van der Waals surface area contributed by atoms with Crippen LogP contribution in [0.25, 0.3) is 0 Å². The summed E-state index contributed by atoms with van der Waals surface area (Å²) in [5, 5.41) is 6.12. The van der Waals surface area contributed by atoms with Crippen molar-refractivity contribution in [3.8, 4) is 0 Å². The summed E-state index contributed by atoms with van der Waals surface area (Å²) < 4.78 is 4.88. The number of rotatable bonds is 6. The Morgan fingerprint density at radius 1 is 1.44 bits per heavy atom. The van der Waals surface area contributed by atoms with E-state index in [1.54, 1.807) is 7.11 Å². The second-order valence-corrected chi connectivity index (χ2v) is 4.51. The molecule has 1 amide bonds. The lowest BCUT2D eigenvalue weighted by Crippen LogP contribution is -2.36. The molecule has 1 aromatic carbocycles. The van der Waals surface area contributed by atoms with Crippen LogP contribution >= 0.6 is 0 Å². The fourth-order valence-electron chi connectivity index (χ4n) is 2.34. The molecule has 1 atom stereocenters. The maximum atomic E-state index is 11.6. The fourth-order valence-corrected chi connectivity index (χ4v) is 2.34. The van der Waals surface area contributed by atoms with Gasteiger partial charge in [0.2, 0.25) is 5.91 Å². The van der Waals surface area contributed by atoms with Crippen LogP contribution in [0.4, 0.5) is 0 Å². The van der Waals surface area contributed by atoms with E-state index in [0.717, 1.165) is 12.8 Å². The number of carbonyl (C=O) groups excluding carboxylic acids is 1. The smallest absolute Gasteiger partial charge is 0.234 e. The van der Waals surface area contributed by atoms with Gasteiger partial charge in [0.25, 0.3) is 0 Å². The van der Waals surface area contributed by atoms with Gasteiger partial charge in [-0.1, -0.05) is 24.3 Å². The molecule has 0 saturated heterocycles. The summed E-state index contributed by atoms with van der Waals surface area (Å²) in [6.45, 7) is 1.49. The Kier molecular flexibility index (Phi) is 4.73. The molecule has 1 unspecified atom stereocenters. The van der Waals surface area contributed by atoms with Crippen molar-refractivity contribution in [1.82, 2.24) is 10.6 Å². The van der Waals surface area contributed by atoms with E-state index >= 15 is 0 Å². The van der Waals surface area contributed by atoms with Gasteiger partial charge in [-0.25, -0.2) is 0 Å². The summed E-state index contributed by atoms with van der Waals surface area (Å²) >= 11 is 0. The van der Waals surface area contributed by atoms with Gasteiger partial charge in [-0.3, -0.25) is 4.79 Å². The van der Waals surface area contributed by atoms with Crippen molar-refractivity contribution in [2.24, 2.45) is 0 Å². The van der Waals surface area contributed by atoms with Crippen molar-refractivity contribution >= 4 is 5.91 Å². The maximum Gasteiger partial charge on any atom is 0.234 e. The predicted octanol–water partition coefficient (Wildman–Crippen LogP) is 1.03. The van der Waals surface area contributed by atoms with Gasteiger partial charge in [0.1, 0.15) is 0 Å². The second-order valence-electron chi connectivity index (χ2n) is 4.51. The van der Waals surface area contributed by atoms with Gasteiger partial charge in [-0.2, -0.15) is 0 Å². The van der Waals surface area contributed by atoms with E-state index < -0.39 is 0 Å². The predicted molar refractivity (Wildman–Crippen MR) is 70.4 cm³/mol. The summed E-state index contributed by atoms with van der Waals surface area (Å²) in [5.74, 6) is 0.0245. The zero-order valence-corrected chi connectivity index (χ0v) is 10.7. The molecule has 1 aromatic rings. The Labute approximate surface area is 108 Å². The van der Waals surface area contributed by atoms with E-state index in [1.807, 2.05) is 0 Å². The minimum atomic E-state index is 0.0245. The largest absolute Gasteiger partial charge is 0.383 e. The van der Waals surface area contributed by atoms with Crippen LogP contribution in [0, 0.1) is 0 Å². The van der Waals surface area contributed by atoms with Gasteiger partial charge in [-0.15, -0.1) is 0 Å². The zero-order chi connectivity index (χ0) is 12.8. The zero-order valence-electron chi connectivity index (χ0n) is 10.7. The first-order chi connectivity index (χ1) is 8.81. The van der Waals surface area contributed by atoms with Gasteiger partial charge < -0.3 is 15.4 Å². The fraction of sp³-hybridized carbons (Fsp3) is 0.500. The summed E-state index contributed by atoms with van der Waals surface area (Å²) in [7, 11) is 1.62. The van der Waals surface area contributed by atoms with Gasteiger partial charge in [-0.05, 0) is 24.0 Å². The molecule has 0 aromatic heterocycles. The van der Waals surface area contributed by atoms with Gasteiger partial charge >= 0.3 is 0 Å². The average Bonchev–Trinajstić information content (AvgIpc) is 2.80. The van der Waals surface area contributed by atoms with Crippen LogP contribution in [0.15, 0.2) is 24.3 Å². The summed E-state index contributed by atoms with van der Waals surface area (Å²) in [6.07, 6.45) is 2.17. The molecule has 0 saturated carbocycles. The molecule has 2 rings (SSSR count). The van der Waals surface area contributed by atoms with Crippen LogP contribution in [0.1, 0.15) is 23.6 Å². The quantitative estimate of drug-likeness (QED) is 0.739. The molecule has 2 N–H and O–H groups in total. The summed E-state index contributed by atoms with van der Waals surface area (Å²) in [4.78, 5) is 11.6. The van der Waals surface area contributed by atoms with Gasteiger partial charge in [0.05, 0.1) is 13.2 Å². The summed E-state index contributed by atoms with van der Waals surface area (Å²) in [5.41, 5.74) is 2.73. The van der Waals surface area contributed by atoms with Crippen LogP contribution in [0.5, 0.6) is 0 Å². The first-order valence-electron chi connectivity index (χ1n) is 6.38.